The summed E-state index contributed by atoms with van der Waals surface area (Å²) in [5, 5.41) is 2.79. The Hall–Kier alpha value is -2.56. The second-order valence-electron chi connectivity index (χ2n) is 4.35. The molecule has 1 aliphatic heterocycles. The van der Waals surface area contributed by atoms with E-state index < -0.39 is 5.82 Å². The fourth-order valence-electron chi connectivity index (χ4n) is 2.22. The van der Waals surface area contributed by atoms with Gasteiger partial charge in [0.15, 0.2) is 0 Å². The molecule has 2 aromatic rings. The molecule has 1 heterocycles. The molecular weight excluding hydrogens is 245 g/mol. The van der Waals surface area contributed by atoms with E-state index in [0.717, 1.165) is 11.4 Å². The van der Waals surface area contributed by atoms with E-state index in [9.17, 15) is 9.18 Å². The maximum Gasteiger partial charge on any atom is 0.244 e. The van der Waals surface area contributed by atoms with Crippen LogP contribution in [-0.2, 0) is 4.79 Å². The van der Waals surface area contributed by atoms with Gasteiger partial charge in [-0.15, -0.1) is 0 Å². The van der Waals surface area contributed by atoms with Crippen LogP contribution < -0.4 is 16.0 Å². The molecule has 2 aromatic carbocycles. The number of para-hydroxylation sites is 2. The number of nitrogen functional groups attached to an aromatic ring is 1. The second-order valence-corrected chi connectivity index (χ2v) is 4.35. The highest BCUT2D eigenvalue weighted by atomic mass is 19.1. The third kappa shape index (κ3) is 1.99. The first kappa shape index (κ1) is 11.5. The van der Waals surface area contributed by atoms with Crippen molar-refractivity contribution in [3.63, 3.8) is 0 Å². The summed E-state index contributed by atoms with van der Waals surface area (Å²) in [7, 11) is 0. The lowest BCUT2D eigenvalue weighted by Gasteiger charge is -2.31. The summed E-state index contributed by atoms with van der Waals surface area (Å²) in [4.78, 5) is 13.5. The molecule has 0 saturated carbocycles. The number of hydrogen-bond acceptors (Lipinski definition) is 3. The van der Waals surface area contributed by atoms with Gasteiger partial charge in [-0.2, -0.15) is 0 Å². The third-order valence-corrected chi connectivity index (χ3v) is 3.05. The molecule has 3 rings (SSSR count). The van der Waals surface area contributed by atoms with Crippen LogP contribution in [0.25, 0.3) is 0 Å². The molecule has 0 spiro atoms. The van der Waals surface area contributed by atoms with Crippen LogP contribution in [0.15, 0.2) is 42.5 Å². The van der Waals surface area contributed by atoms with Crippen molar-refractivity contribution in [3.8, 4) is 0 Å². The molecule has 0 bridgehead atoms. The Morgan fingerprint density at radius 2 is 1.95 bits per heavy atom. The maximum absolute atomic E-state index is 13.1. The molecular formula is C14H12FN3O. The zero-order valence-electron chi connectivity index (χ0n) is 10.1. The number of carbonyl (C=O) groups excluding carboxylic acids is 1. The highest BCUT2D eigenvalue weighted by Gasteiger charge is 2.24. The van der Waals surface area contributed by atoms with Gasteiger partial charge in [0.25, 0.3) is 0 Å². The zero-order chi connectivity index (χ0) is 13.4. The Bertz CT molecular complexity index is 657. The third-order valence-electron chi connectivity index (χ3n) is 3.05. The van der Waals surface area contributed by atoms with Crippen molar-refractivity contribution in [2.75, 3.05) is 22.5 Å². The number of hydrogen-bond donors (Lipinski definition) is 2. The van der Waals surface area contributed by atoms with E-state index in [1.165, 1.54) is 12.1 Å². The minimum atomic E-state index is -0.393. The molecule has 0 radical (unpaired) electrons. The lowest BCUT2D eigenvalue weighted by molar-refractivity contribution is -0.115. The fourth-order valence-corrected chi connectivity index (χ4v) is 2.22. The number of nitrogens with zero attached hydrogens (tertiary/aromatic N) is 1. The number of fused-ring (bicyclic) bond motifs is 1. The van der Waals surface area contributed by atoms with Crippen molar-refractivity contribution < 1.29 is 9.18 Å². The molecule has 1 aliphatic rings. The molecule has 0 atom stereocenters. The summed E-state index contributed by atoms with van der Waals surface area (Å²) < 4.78 is 13.1. The van der Waals surface area contributed by atoms with Crippen LogP contribution in [0.1, 0.15) is 0 Å². The van der Waals surface area contributed by atoms with Gasteiger partial charge in [0.05, 0.1) is 22.7 Å². The van der Waals surface area contributed by atoms with Crippen molar-refractivity contribution in [3.05, 3.63) is 48.3 Å². The van der Waals surface area contributed by atoms with Crippen molar-refractivity contribution in [1.29, 1.82) is 0 Å². The Labute approximate surface area is 109 Å². The molecule has 0 aromatic heterocycles. The number of benzene rings is 2. The van der Waals surface area contributed by atoms with Gasteiger partial charge in [-0.05, 0) is 30.3 Å². The Morgan fingerprint density at radius 3 is 2.74 bits per heavy atom. The minimum absolute atomic E-state index is 0.123. The Morgan fingerprint density at radius 1 is 1.16 bits per heavy atom. The first-order chi connectivity index (χ1) is 9.15. The zero-order valence-corrected chi connectivity index (χ0v) is 10.1. The summed E-state index contributed by atoms with van der Waals surface area (Å²) >= 11 is 0. The Kier molecular flexibility index (Phi) is 2.59. The van der Waals surface area contributed by atoms with Gasteiger partial charge >= 0.3 is 0 Å². The number of halogens is 1. The molecule has 0 saturated heterocycles. The largest absolute Gasteiger partial charge is 0.397 e. The first-order valence-corrected chi connectivity index (χ1v) is 5.86. The van der Waals surface area contributed by atoms with Crippen LogP contribution >= 0.6 is 0 Å². The summed E-state index contributed by atoms with van der Waals surface area (Å²) in [5.41, 5.74) is 8.35. The van der Waals surface area contributed by atoms with Crippen LogP contribution in [-0.4, -0.2) is 12.5 Å². The van der Waals surface area contributed by atoms with Crippen molar-refractivity contribution in [1.82, 2.24) is 0 Å². The van der Waals surface area contributed by atoms with Crippen LogP contribution in [0.4, 0.5) is 27.1 Å². The van der Waals surface area contributed by atoms with Gasteiger partial charge in [-0.1, -0.05) is 12.1 Å². The van der Waals surface area contributed by atoms with E-state index in [-0.39, 0.29) is 12.5 Å². The smallest absolute Gasteiger partial charge is 0.244 e. The lowest BCUT2D eigenvalue weighted by Crippen LogP contribution is -2.35. The average Bonchev–Trinajstić information content (AvgIpc) is 2.38. The molecule has 0 fully saturated rings. The van der Waals surface area contributed by atoms with Crippen molar-refractivity contribution >= 4 is 28.7 Å². The predicted molar refractivity (Wildman–Crippen MR) is 72.9 cm³/mol. The van der Waals surface area contributed by atoms with Crippen molar-refractivity contribution in [2.24, 2.45) is 0 Å². The normalized spacial score (nSPS) is 13.9. The number of nitrogens with one attached hydrogen (secondary N) is 1. The van der Waals surface area contributed by atoms with E-state index >= 15 is 0 Å². The fraction of sp³-hybridized carbons (Fsp3) is 0.0714. The van der Waals surface area contributed by atoms with Gasteiger partial charge in [0.1, 0.15) is 12.4 Å². The van der Waals surface area contributed by atoms with Gasteiger partial charge in [-0.3, -0.25) is 4.79 Å². The summed E-state index contributed by atoms with van der Waals surface area (Å²) in [6.45, 7) is 0.160. The molecule has 0 aliphatic carbocycles. The number of anilines is 4. The van der Waals surface area contributed by atoms with E-state index in [0.29, 0.717) is 11.4 Å². The van der Waals surface area contributed by atoms with Gasteiger partial charge in [0, 0.05) is 0 Å². The number of rotatable bonds is 1. The maximum atomic E-state index is 13.1. The van der Waals surface area contributed by atoms with Crippen molar-refractivity contribution in [2.45, 2.75) is 0 Å². The predicted octanol–water partition coefficient (Wildman–Crippen LogP) is 2.50. The molecule has 3 N–H and O–H groups in total. The van der Waals surface area contributed by atoms with E-state index in [2.05, 4.69) is 5.32 Å². The van der Waals surface area contributed by atoms with Crippen LogP contribution in [0.2, 0.25) is 0 Å². The van der Waals surface area contributed by atoms with Gasteiger partial charge < -0.3 is 16.0 Å². The summed E-state index contributed by atoms with van der Waals surface area (Å²) in [6, 6.07) is 11.6. The van der Waals surface area contributed by atoms with E-state index in [4.69, 9.17) is 5.73 Å². The highest BCUT2D eigenvalue weighted by molar-refractivity contribution is 6.04. The minimum Gasteiger partial charge on any atom is -0.397 e. The van der Waals surface area contributed by atoms with Crippen LogP contribution in [0.3, 0.4) is 0 Å². The first-order valence-electron chi connectivity index (χ1n) is 5.86. The summed E-state index contributed by atoms with van der Waals surface area (Å²) in [6.07, 6.45) is 0. The van der Waals surface area contributed by atoms with E-state index in [1.54, 1.807) is 11.0 Å². The lowest BCUT2D eigenvalue weighted by atomic mass is 10.1. The van der Waals surface area contributed by atoms with Gasteiger partial charge in [0.2, 0.25) is 5.91 Å². The molecule has 1 amide bonds. The number of carbonyl (C=O) groups is 1. The molecule has 4 nitrogen and oxygen atoms in total. The number of nitrogens with two attached hydrogens (primary N) is 1. The average molecular weight is 257 g/mol. The molecule has 0 unspecified atom stereocenters. The summed E-state index contributed by atoms with van der Waals surface area (Å²) in [5.74, 6) is -0.515. The second kappa shape index (κ2) is 4.28. The SMILES string of the molecule is Nc1cc(F)ccc1N1CC(=O)Nc2ccccc21. The monoisotopic (exact) mass is 257 g/mol. The topological polar surface area (TPSA) is 58.4 Å². The molecule has 96 valence electrons. The standard InChI is InChI=1S/C14H12FN3O/c15-9-5-6-12(10(16)7-9)18-8-14(19)17-11-3-1-2-4-13(11)18/h1-7H,8,16H2,(H,17,19). The van der Waals surface area contributed by atoms with Gasteiger partial charge in [-0.25, -0.2) is 4.39 Å². The van der Waals surface area contributed by atoms with E-state index in [1.807, 2.05) is 24.3 Å². The molecule has 19 heavy (non-hydrogen) atoms. The molecule has 5 heteroatoms. The highest BCUT2D eigenvalue weighted by Crippen LogP contribution is 2.37. The van der Waals surface area contributed by atoms with Crippen LogP contribution in [0.5, 0.6) is 0 Å². The van der Waals surface area contributed by atoms with Crippen LogP contribution in [0, 0.1) is 5.82 Å². The number of amides is 1. The Balaban J connectivity index is 2.12. The quantitative estimate of drug-likeness (QED) is 0.772.